The van der Waals surface area contributed by atoms with Gasteiger partial charge in [-0.3, -0.25) is 0 Å². The van der Waals surface area contributed by atoms with Crippen LogP contribution in [-0.4, -0.2) is 12.3 Å². The lowest BCUT2D eigenvalue weighted by atomic mass is 10.1. The Hall–Kier alpha value is -0.470. The smallest absolute Gasteiger partial charge is 0.0317 e. The van der Waals surface area contributed by atoms with Crippen LogP contribution >= 0.6 is 11.8 Å². The Morgan fingerprint density at radius 1 is 1.16 bits per heavy atom. The highest BCUT2D eigenvalue weighted by Gasteiger charge is 2.15. The molecule has 1 unspecified atom stereocenters. The van der Waals surface area contributed by atoms with Crippen LogP contribution in [0.5, 0.6) is 0 Å². The van der Waals surface area contributed by atoms with Gasteiger partial charge in [0.25, 0.3) is 0 Å². The Labute approximate surface area is 122 Å². The maximum Gasteiger partial charge on any atom is 0.0317 e. The van der Waals surface area contributed by atoms with E-state index >= 15 is 0 Å². The molecule has 0 heterocycles. The van der Waals surface area contributed by atoms with Gasteiger partial charge in [0, 0.05) is 16.7 Å². The molecule has 0 aromatic heterocycles. The lowest BCUT2D eigenvalue weighted by molar-refractivity contribution is 0.537. The van der Waals surface area contributed by atoms with E-state index in [1.807, 2.05) is 11.8 Å². The van der Waals surface area contributed by atoms with Crippen molar-refractivity contribution in [3.63, 3.8) is 0 Å². The third kappa shape index (κ3) is 4.54. The maximum absolute atomic E-state index is 3.54. The summed E-state index contributed by atoms with van der Waals surface area (Å²) in [4.78, 5) is 1.43. The van der Waals surface area contributed by atoms with E-state index in [4.69, 9.17) is 0 Å². The summed E-state index contributed by atoms with van der Waals surface area (Å²) in [5.41, 5.74) is 1.43. The summed E-state index contributed by atoms with van der Waals surface area (Å²) in [7, 11) is 0. The van der Waals surface area contributed by atoms with Crippen LogP contribution in [-0.2, 0) is 0 Å². The molecule has 1 atom stereocenters. The summed E-state index contributed by atoms with van der Waals surface area (Å²) in [6.07, 6.45) is 6.95. The molecule has 106 valence electrons. The monoisotopic (exact) mass is 277 g/mol. The molecule has 0 aliphatic heterocycles. The third-order valence-electron chi connectivity index (χ3n) is 4.10. The molecule has 0 spiro atoms. The minimum atomic E-state index is 0.513. The van der Waals surface area contributed by atoms with E-state index < -0.39 is 0 Å². The Morgan fingerprint density at radius 2 is 1.84 bits per heavy atom. The van der Waals surface area contributed by atoms with Crippen molar-refractivity contribution >= 4 is 11.8 Å². The highest BCUT2D eigenvalue weighted by molar-refractivity contribution is 7.99. The number of thioether (sulfide) groups is 1. The minimum Gasteiger partial charge on any atom is -0.310 e. The van der Waals surface area contributed by atoms with E-state index in [1.165, 1.54) is 41.9 Å². The van der Waals surface area contributed by atoms with E-state index in [0.29, 0.717) is 6.04 Å². The zero-order valence-electron chi connectivity index (χ0n) is 12.3. The lowest BCUT2D eigenvalue weighted by Gasteiger charge is -2.16. The molecule has 2 heteroatoms. The van der Waals surface area contributed by atoms with Gasteiger partial charge in [-0.2, -0.15) is 0 Å². The Bertz CT molecular complexity index is 354. The van der Waals surface area contributed by atoms with Crippen molar-refractivity contribution in [2.75, 3.05) is 12.3 Å². The average Bonchev–Trinajstić information content (AvgIpc) is 2.96. The highest BCUT2D eigenvalue weighted by atomic mass is 32.2. The van der Waals surface area contributed by atoms with Gasteiger partial charge in [-0.05, 0) is 49.4 Å². The summed E-state index contributed by atoms with van der Waals surface area (Å²) in [6, 6.07) is 9.71. The topological polar surface area (TPSA) is 12.0 Å². The summed E-state index contributed by atoms with van der Waals surface area (Å²) < 4.78 is 0. The lowest BCUT2D eigenvalue weighted by Crippen LogP contribution is -2.19. The summed E-state index contributed by atoms with van der Waals surface area (Å²) >= 11 is 2.04. The van der Waals surface area contributed by atoms with Crippen molar-refractivity contribution in [3.05, 3.63) is 29.8 Å². The van der Waals surface area contributed by atoms with E-state index in [1.54, 1.807) is 0 Å². The molecular weight excluding hydrogens is 250 g/mol. The van der Waals surface area contributed by atoms with Crippen molar-refractivity contribution in [2.45, 2.75) is 56.9 Å². The second-order valence-electron chi connectivity index (χ2n) is 5.55. The van der Waals surface area contributed by atoms with Crippen LogP contribution in [0.25, 0.3) is 0 Å². The molecular formula is C17H27NS. The standard InChI is InChI=1S/C17H27NS/c1-3-17(18-4-2)15-9-11-16(12-10-15)19-13-14-7-5-6-8-14/h9-12,14,17-18H,3-8,13H2,1-2H3. The van der Waals surface area contributed by atoms with Crippen LogP contribution in [0, 0.1) is 5.92 Å². The van der Waals surface area contributed by atoms with Gasteiger partial charge in [0.1, 0.15) is 0 Å². The first-order chi connectivity index (χ1) is 9.33. The van der Waals surface area contributed by atoms with Crippen molar-refractivity contribution in [3.8, 4) is 0 Å². The number of hydrogen-bond donors (Lipinski definition) is 1. The Kier molecular flexibility index (Phi) is 6.25. The fraction of sp³-hybridized carbons (Fsp3) is 0.647. The largest absolute Gasteiger partial charge is 0.310 e. The molecule has 1 saturated carbocycles. The van der Waals surface area contributed by atoms with Crippen molar-refractivity contribution in [1.29, 1.82) is 0 Å². The van der Waals surface area contributed by atoms with Gasteiger partial charge in [0.2, 0.25) is 0 Å². The molecule has 1 aliphatic rings. The van der Waals surface area contributed by atoms with Crippen LogP contribution < -0.4 is 5.32 Å². The first-order valence-electron chi connectivity index (χ1n) is 7.79. The summed E-state index contributed by atoms with van der Waals surface area (Å²) in [5, 5.41) is 3.54. The molecule has 0 bridgehead atoms. The van der Waals surface area contributed by atoms with Crippen molar-refractivity contribution in [2.24, 2.45) is 5.92 Å². The fourth-order valence-corrected chi connectivity index (χ4v) is 4.02. The predicted octanol–water partition coefficient (Wildman–Crippen LogP) is 5.03. The maximum atomic E-state index is 3.54. The second kappa shape index (κ2) is 7.96. The zero-order valence-corrected chi connectivity index (χ0v) is 13.1. The first-order valence-corrected chi connectivity index (χ1v) is 8.78. The fourth-order valence-electron chi connectivity index (χ4n) is 2.93. The molecule has 19 heavy (non-hydrogen) atoms. The van der Waals surface area contributed by atoms with Gasteiger partial charge < -0.3 is 5.32 Å². The number of rotatable bonds is 7. The molecule has 1 aromatic carbocycles. The van der Waals surface area contributed by atoms with Gasteiger partial charge in [0.05, 0.1) is 0 Å². The van der Waals surface area contributed by atoms with E-state index in [-0.39, 0.29) is 0 Å². The minimum absolute atomic E-state index is 0.513. The Balaban J connectivity index is 1.86. The van der Waals surface area contributed by atoms with Crippen LogP contribution in [0.15, 0.2) is 29.2 Å². The molecule has 1 fully saturated rings. The van der Waals surface area contributed by atoms with Gasteiger partial charge in [-0.15, -0.1) is 11.8 Å². The van der Waals surface area contributed by atoms with Crippen LogP contribution in [0.2, 0.25) is 0 Å². The zero-order chi connectivity index (χ0) is 13.5. The first kappa shape index (κ1) is 14.9. The van der Waals surface area contributed by atoms with Crippen LogP contribution in [0.4, 0.5) is 0 Å². The summed E-state index contributed by atoms with van der Waals surface area (Å²) in [5.74, 6) is 2.28. The normalized spacial score (nSPS) is 17.8. The van der Waals surface area contributed by atoms with E-state index in [2.05, 4.69) is 43.4 Å². The molecule has 0 saturated heterocycles. The van der Waals surface area contributed by atoms with Crippen LogP contribution in [0.1, 0.15) is 57.6 Å². The molecule has 2 rings (SSSR count). The SMILES string of the molecule is CCNC(CC)c1ccc(SCC2CCCC2)cc1. The highest BCUT2D eigenvalue weighted by Crippen LogP contribution is 2.31. The van der Waals surface area contributed by atoms with Gasteiger partial charge >= 0.3 is 0 Å². The van der Waals surface area contributed by atoms with Gasteiger partial charge in [0.15, 0.2) is 0 Å². The number of benzene rings is 1. The molecule has 1 aromatic rings. The predicted molar refractivity (Wildman–Crippen MR) is 85.8 cm³/mol. The molecule has 0 amide bonds. The van der Waals surface area contributed by atoms with E-state index in [9.17, 15) is 0 Å². The second-order valence-corrected chi connectivity index (χ2v) is 6.64. The van der Waals surface area contributed by atoms with Crippen molar-refractivity contribution < 1.29 is 0 Å². The molecule has 0 radical (unpaired) electrons. The molecule has 1 nitrogen and oxygen atoms in total. The van der Waals surface area contributed by atoms with E-state index in [0.717, 1.165) is 18.9 Å². The Morgan fingerprint density at radius 3 is 2.42 bits per heavy atom. The molecule has 1 N–H and O–H groups in total. The van der Waals surface area contributed by atoms with Gasteiger partial charge in [-0.25, -0.2) is 0 Å². The quantitative estimate of drug-likeness (QED) is 0.702. The van der Waals surface area contributed by atoms with Gasteiger partial charge in [-0.1, -0.05) is 38.8 Å². The van der Waals surface area contributed by atoms with Crippen LogP contribution in [0.3, 0.4) is 0 Å². The summed E-state index contributed by atoms with van der Waals surface area (Å²) in [6.45, 7) is 5.46. The third-order valence-corrected chi connectivity index (χ3v) is 5.35. The van der Waals surface area contributed by atoms with Crippen molar-refractivity contribution in [1.82, 2.24) is 5.32 Å². The molecule has 1 aliphatic carbocycles. The average molecular weight is 277 g/mol. The number of nitrogens with one attached hydrogen (secondary N) is 1. The number of hydrogen-bond acceptors (Lipinski definition) is 2.